The summed E-state index contributed by atoms with van der Waals surface area (Å²) in [4.78, 5) is 3.86. The molecule has 4 nitrogen and oxygen atoms in total. The average molecular weight is 266 g/mol. The fourth-order valence-electron chi connectivity index (χ4n) is 1.99. The number of nitrogens with zero attached hydrogens (tertiary/aromatic N) is 1. The molecule has 1 aromatic rings. The molecule has 1 aromatic heterocycles. The molecule has 1 unspecified atom stereocenters. The Balaban J connectivity index is 2.39. The fourth-order valence-corrected chi connectivity index (χ4v) is 1.99. The van der Waals surface area contributed by atoms with Crippen LogP contribution < -0.4 is 11.2 Å². The van der Waals surface area contributed by atoms with Gasteiger partial charge in [-0.25, -0.2) is 4.98 Å². The van der Waals surface area contributed by atoms with Crippen molar-refractivity contribution in [3.63, 3.8) is 0 Å². The Hall–Kier alpha value is -0.975. The maximum atomic E-state index is 13.3. The van der Waals surface area contributed by atoms with Crippen LogP contribution in [-0.4, -0.2) is 23.3 Å². The van der Waals surface area contributed by atoms with E-state index >= 15 is 0 Å². The smallest absolute Gasteiger partial charge is 0.399 e. The minimum atomic E-state index is -0.570. The summed E-state index contributed by atoms with van der Waals surface area (Å²) in [5.74, 6) is -0.549. The number of hydrogen-bond donors (Lipinski definition) is 1. The molecular formula is C13H20BFN2O2. The summed E-state index contributed by atoms with van der Waals surface area (Å²) in [6.07, 6.45) is 0. The second kappa shape index (κ2) is 4.54. The van der Waals surface area contributed by atoms with E-state index in [4.69, 9.17) is 15.0 Å². The first kappa shape index (κ1) is 14.4. The van der Waals surface area contributed by atoms with Crippen LogP contribution in [0.2, 0.25) is 0 Å². The maximum absolute atomic E-state index is 13.3. The van der Waals surface area contributed by atoms with Crippen molar-refractivity contribution in [1.29, 1.82) is 0 Å². The molecule has 1 atom stereocenters. The molecule has 1 fully saturated rings. The van der Waals surface area contributed by atoms with Crippen molar-refractivity contribution >= 4 is 12.6 Å². The summed E-state index contributed by atoms with van der Waals surface area (Å²) >= 11 is 0. The highest BCUT2D eigenvalue weighted by Gasteiger charge is 2.52. The van der Waals surface area contributed by atoms with Gasteiger partial charge >= 0.3 is 7.12 Å². The van der Waals surface area contributed by atoms with E-state index in [1.54, 1.807) is 13.0 Å². The van der Waals surface area contributed by atoms with Crippen LogP contribution in [0.4, 0.5) is 4.39 Å². The summed E-state index contributed by atoms with van der Waals surface area (Å²) < 4.78 is 25.1. The highest BCUT2D eigenvalue weighted by Crippen LogP contribution is 2.36. The number of halogens is 1. The third-order valence-corrected chi connectivity index (χ3v) is 3.86. The Morgan fingerprint density at radius 3 is 2.21 bits per heavy atom. The van der Waals surface area contributed by atoms with Gasteiger partial charge in [0.1, 0.15) is 0 Å². The summed E-state index contributed by atoms with van der Waals surface area (Å²) in [7, 11) is -0.570. The van der Waals surface area contributed by atoms with Crippen LogP contribution in [0.5, 0.6) is 0 Å². The van der Waals surface area contributed by atoms with Crippen LogP contribution in [0, 0.1) is 5.95 Å². The largest absolute Gasteiger partial charge is 0.496 e. The van der Waals surface area contributed by atoms with Gasteiger partial charge in [-0.15, -0.1) is 0 Å². The first-order chi connectivity index (χ1) is 8.64. The van der Waals surface area contributed by atoms with E-state index in [-0.39, 0.29) is 6.04 Å². The number of pyridine rings is 1. The number of aromatic nitrogens is 1. The van der Waals surface area contributed by atoms with Gasteiger partial charge < -0.3 is 15.0 Å². The Kier molecular flexibility index (Phi) is 3.45. The molecule has 2 heterocycles. The van der Waals surface area contributed by atoms with Crippen molar-refractivity contribution in [3.05, 3.63) is 23.8 Å². The van der Waals surface area contributed by atoms with Gasteiger partial charge in [0, 0.05) is 11.5 Å². The van der Waals surface area contributed by atoms with E-state index in [0.29, 0.717) is 11.2 Å². The van der Waals surface area contributed by atoms with Crippen molar-refractivity contribution in [3.8, 4) is 0 Å². The molecule has 2 rings (SSSR count). The third kappa shape index (κ3) is 2.52. The summed E-state index contributed by atoms with van der Waals surface area (Å²) in [5, 5.41) is 0. The van der Waals surface area contributed by atoms with Crippen LogP contribution in [-0.2, 0) is 9.31 Å². The van der Waals surface area contributed by atoms with E-state index in [1.807, 2.05) is 27.7 Å². The Bertz CT molecular complexity index is 476. The van der Waals surface area contributed by atoms with Gasteiger partial charge in [0.05, 0.1) is 16.9 Å². The Morgan fingerprint density at radius 1 is 1.21 bits per heavy atom. The molecule has 0 bridgehead atoms. The van der Waals surface area contributed by atoms with Gasteiger partial charge in [-0.05, 0) is 40.7 Å². The lowest BCUT2D eigenvalue weighted by Gasteiger charge is -2.32. The molecule has 104 valence electrons. The second-order valence-corrected chi connectivity index (χ2v) is 5.99. The van der Waals surface area contributed by atoms with Crippen LogP contribution in [0.3, 0.4) is 0 Å². The van der Waals surface area contributed by atoms with Crippen LogP contribution in [0.1, 0.15) is 46.4 Å². The monoisotopic (exact) mass is 266 g/mol. The average Bonchev–Trinajstić information content (AvgIpc) is 2.47. The van der Waals surface area contributed by atoms with Crippen LogP contribution >= 0.6 is 0 Å². The third-order valence-electron chi connectivity index (χ3n) is 3.86. The molecule has 2 N–H and O–H groups in total. The number of hydrogen-bond acceptors (Lipinski definition) is 4. The molecule has 1 aliphatic heterocycles. The van der Waals surface area contributed by atoms with Gasteiger partial charge in [0.2, 0.25) is 5.95 Å². The van der Waals surface area contributed by atoms with Crippen molar-refractivity contribution < 1.29 is 13.7 Å². The van der Waals surface area contributed by atoms with E-state index in [9.17, 15) is 4.39 Å². The van der Waals surface area contributed by atoms with Crippen LogP contribution in [0.15, 0.2) is 12.1 Å². The summed E-state index contributed by atoms with van der Waals surface area (Å²) in [6.45, 7) is 9.63. The second-order valence-electron chi connectivity index (χ2n) is 5.99. The quantitative estimate of drug-likeness (QED) is 0.651. The topological polar surface area (TPSA) is 57.4 Å². The standard InChI is InChI=1S/C13H20BFN2O2/c1-8(16)11-9(6-7-10(15)17-11)14-18-12(2,3)13(4,5)19-14/h6-8H,16H2,1-5H3. The molecule has 19 heavy (non-hydrogen) atoms. The van der Waals surface area contributed by atoms with Crippen molar-refractivity contribution in [2.24, 2.45) is 5.73 Å². The number of rotatable bonds is 2. The SMILES string of the molecule is CC(N)c1nc(F)ccc1B1OC(C)(C)C(C)(C)O1. The normalized spacial score (nSPS) is 22.6. The highest BCUT2D eigenvalue weighted by atomic mass is 19.1. The van der Waals surface area contributed by atoms with Crippen LogP contribution in [0.25, 0.3) is 0 Å². The molecule has 1 saturated heterocycles. The predicted molar refractivity (Wildman–Crippen MR) is 72.5 cm³/mol. The Labute approximate surface area is 113 Å². The van der Waals surface area contributed by atoms with E-state index < -0.39 is 24.3 Å². The minimum absolute atomic E-state index is 0.385. The Morgan fingerprint density at radius 2 is 1.74 bits per heavy atom. The van der Waals surface area contributed by atoms with Crippen molar-refractivity contribution in [2.45, 2.75) is 51.9 Å². The molecule has 0 amide bonds. The van der Waals surface area contributed by atoms with E-state index in [1.165, 1.54) is 6.07 Å². The zero-order chi connectivity index (χ0) is 14.4. The highest BCUT2D eigenvalue weighted by molar-refractivity contribution is 6.62. The first-order valence-electron chi connectivity index (χ1n) is 6.41. The van der Waals surface area contributed by atoms with E-state index in [0.717, 1.165) is 0 Å². The molecule has 0 aromatic carbocycles. The van der Waals surface area contributed by atoms with Gasteiger partial charge in [-0.1, -0.05) is 6.07 Å². The molecule has 0 spiro atoms. The molecule has 0 radical (unpaired) electrons. The van der Waals surface area contributed by atoms with Gasteiger partial charge in [0.25, 0.3) is 0 Å². The maximum Gasteiger partial charge on any atom is 0.496 e. The zero-order valence-corrected chi connectivity index (χ0v) is 12.0. The fraction of sp³-hybridized carbons (Fsp3) is 0.615. The van der Waals surface area contributed by atoms with Gasteiger partial charge in [0.15, 0.2) is 0 Å². The van der Waals surface area contributed by atoms with Crippen molar-refractivity contribution in [1.82, 2.24) is 4.98 Å². The summed E-state index contributed by atoms with van der Waals surface area (Å²) in [6, 6.07) is 2.54. The molecular weight excluding hydrogens is 246 g/mol. The lowest BCUT2D eigenvalue weighted by Crippen LogP contribution is -2.41. The number of nitrogens with two attached hydrogens (primary N) is 1. The molecule has 1 aliphatic rings. The zero-order valence-electron chi connectivity index (χ0n) is 12.0. The van der Waals surface area contributed by atoms with Crippen molar-refractivity contribution in [2.75, 3.05) is 0 Å². The first-order valence-corrected chi connectivity index (χ1v) is 6.41. The molecule has 0 aliphatic carbocycles. The van der Waals surface area contributed by atoms with Gasteiger partial charge in [-0.3, -0.25) is 0 Å². The van der Waals surface area contributed by atoms with Gasteiger partial charge in [-0.2, -0.15) is 4.39 Å². The summed E-state index contributed by atoms with van der Waals surface area (Å²) in [5.41, 5.74) is 6.12. The predicted octanol–water partition coefficient (Wildman–Crippen LogP) is 1.54. The van der Waals surface area contributed by atoms with E-state index in [2.05, 4.69) is 4.98 Å². The lowest BCUT2D eigenvalue weighted by atomic mass is 9.76. The molecule has 0 saturated carbocycles. The lowest BCUT2D eigenvalue weighted by molar-refractivity contribution is 0.00578. The molecule has 6 heteroatoms. The minimum Gasteiger partial charge on any atom is -0.399 e.